The molecule has 0 atom stereocenters. The van der Waals surface area contributed by atoms with Crippen LogP contribution in [0.15, 0.2) is 41.1 Å². The smallest absolute Gasteiger partial charge is 0.162 e. The molecule has 0 radical (unpaired) electrons. The summed E-state index contributed by atoms with van der Waals surface area (Å²) in [7, 11) is 1.87. The molecule has 0 aliphatic rings. The maximum atomic E-state index is 5.92. The maximum Gasteiger partial charge on any atom is 0.162 e. The summed E-state index contributed by atoms with van der Waals surface area (Å²) in [6, 6.07) is 7.76. The summed E-state index contributed by atoms with van der Waals surface area (Å²) >= 11 is 3.53. The van der Waals surface area contributed by atoms with Crippen molar-refractivity contribution in [3.05, 3.63) is 46.7 Å². The molecule has 5 nitrogen and oxygen atoms in total. The summed E-state index contributed by atoms with van der Waals surface area (Å²) in [5, 5.41) is 4.16. The number of nitrogens with two attached hydrogens (primary N) is 1. The standard InChI is InChI=1S/C15H14BrN5/c1-9-3-4-10(5-12(9)16)15-19-13(6-14(17)20-15)11-7-18-21(2)8-11/h3-8H,1-2H3,(H2,17,19,20). The molecule has 0 aliphatic heterocycles. The van der Waals surface area contributed by atoms with Crippen LogP contribution in [0.5, 0.6) is 0 Å². The van der Waals surface area contributed by atoms with Crippen LogP contribution in [0.2, 0.25) is 0 Å². The number of anilines is 1. The first kappa shape index (κ1) is 13.8. The number of hydrogen-bond donors (Lipinski definition) is 1. The van der Waals surface area contributed by atoms with Gasteiger partial charge >= 0.3 is 0 Å². The molecule has 3 rings (SSSR count). The minimum absolute atomic E-state index is 0.440. The molecule has 0 unspecified atom stereocenters. The van der Waals surface area contributed by atoms with E-state index in [0.717, 1.165) is 26.9 Å². The van der Waals surface area contributed by atoms with Crippen LogP contribution in [-0.2, 0) is 7.05 Å². The molecule has 0 saturated carbocycles. The Labute approximate surface area is 131 Å². The predicted molar refractivity (Wildman–Crippen MR) is 86.5 cm³/mol. The van der Waals surface area contributed by atoms with Crippen LogP contribution in [0.3, 0.4) is 0 Å². The van der Waals surface area contributed by atoms with Gasteiger partial charge in [-0.3, -0.25) is 4.68 Å². The van der Waals surface area contributed by atoms with E-state index >= 15 is 0 Å². The summed E-state index contributed by atoms with van der Waals surface area (Å²) in [6.07, 6.45) is 3.66. The van der Waals surface area contributed by atoms with Crippen molar-refractivity contribution in [2.45, 2.75) is 6.92 Å². The first-order valence-electron chi connectivity index (χ1n) is 6.43. The van der Waals surface area contributed by atoms with Crippen molar-refractivity contribution < 1.29 is 0 Å². The molecule has 0 bridgehead atoms. The Morgan fingerprint density at radius 1 is 1.14 bits per heavy atom. The molecule has 0 amide bonds. The molecule has 0 saturated heterocycles. The van der Waals surface area contributed by atoms with Gasteiger partial charge in [0.15, 0.2) is 5.82 Å². The lowest BCUT2D eigenvalue weighted by Gasteiger charge is -2.06. The van der Waals surface area contributed by atoms with E-state index in [2.05, 4.69) is 31.0 Å². The van der Waals surface area contributed by atoms with Gasteiger partial charge in [-0.1, -0.05) is 28.1 Å². The monoisotopic (exact) mass is 343 g/mol. The highest BCUT2D eigenvalue weighted by Gasteiger charge is 2.09. The van der Waals surface area contributed by atoms with Crippen molar-refractivity contribution in [3.63, 3.8) is 0 Å². The van der Waals surface area contributed by atoms with Gasteiger partial charge in [-0.15, -0.1) is 0 Å². The van der Waals surface area contributed by atoms with Gasteiger partial charge in [-0.05, 0) is 18.6 Å². The summed E-state index contributed by atoms with van der Waals surface area (Å²) in [4.78, 5) is 8.92. The zero-order valence-corrected chi connectivity index (χ0v) is 13.3. The number of nitrogens with zero attached hydrogens (tertiary/aromatic N) is 4. The normalized spacial score (nSPS) is 10.8. The van der Waals surface area contributed by atoms with Crippen molar-refractivity contribution in [1.29, 1.82) is 0 Å². The Bertz CT molecular complexity index is 810. The lowest BCUT2D eigenvalue weighted by Crippen LogP contribution is -1.98. The van der Waals surface area contributed by atoms with E-state index in [-0.39, 0.29) is 0 Å². The average Bonchev–Trinajstić information content (AvgIpc) is 2.88. The number of rotatable bonds is 2. The van der Waals surface area contributed by atoms with E-state index in [0.29, 0.717) is 11.6 Å². The van der Waals surface area contributed by atoms with E-state index in [1.165, 1.54) is 0 Å². The molecular formula is C15H14BrN5. The molecule has 0 aliphatic carbocycles. The van der Waals surface area contributed by atoms with Gasteiger partial charge in [0.1, 0.15) is 5.82 Å². The summed E-state index contributed by atoms with van der Waals surface area (Å²) in [5.74, 6) is 1.05. The molecule has 21 heavy (non-hydrogen) atoms. The summed E-state index contributed by atoms with van der Waals surface area (Å²) in [5.41, 5.74) is 9.68. The largest absolute Gasteiger partial charge is 0.384 e. The van der Waals surface area contributed by atoms with Gasteiger partial charge in [0.05, 0.1) is 11.9 Å². The molecule has 2 aromatic heterocycles. The first-order chi connectivity index (χ1) is 10.0. The van der Waals surface area contributed by atoms with Crippen LogP contribution in [-0.4, -0.2) is 19.7 Å². The van der Waals surface area contributed by atoms with Crippen molar-refractivity contribution in [3.8, 4) is 22.6 Å². The van der Waals surface area contributed by atoms with Crippen LogP contribution in [0.4, 0.5) is 5.82 Å². The molecule has 1 aromatic carbocycles. The number of halogens is 1. The number of aryl methyl sites for hydroxylation is 2. The van der Waals surface area contributed by atoms with Crippen molar-refractivity contribution in [1.82, 2.24) is 19.7 Å². The van der Waals surface area contributed by atoms with E-state index in [4.69, 9.17) is 5.73 Å². The van der Waals surface area contributed by atoms with Gasteiger partial charge in [0, 0.05) is 34.9 Å². The quantitative estimate of drug-likeness (QED) is 0.775. The van der Waals surface area contributed by atoms with Crippen LogP contribution < -0.4 is 5.73 Å². The zero-order valence-electron chi connectivity index (χ0n) is 11.7. The second kappa shape index (κ2) is 5.29. The second-order valence-corrected chi connectivity index (χ2v) is 5.72. The SMILES string of the molecule is Cc1ccc(-c2nc(N)cc(-c3cnn(C)c3)n2)cc1Br. The third-order valence-corrected chi connectivity index (χ3v) is 4.03. The minimum atomic E-state index is 0.440. The third-order valence-electron chi connectivity index (χ3n) is 3.18. The van der Waals surface area contributed by atoms with Gasteiger partial charge in [0.25, 0.3) is 0 Å². The Hall–Kier alpha value is -2.21. The number of hydrogen-bond acceptors (Lipinski definition) is 4. The molecule has 2 heterocycles. The van der Waals surface area contributed by atoms with Crippen LogP contribution in [0.1, 0.15) is 5.56 Å². The van der Waals surface area contributed by atoms with Crippen molar-refractivity contribution in [2.24, 2.45) is 7.05 Å². The Morgan fingerprint density at radius 2 is 1.95 bits per heavy atom. The lowest BCUT2D eigenvalue weighted by molar-refractivity contribution is 0.768. The van der Waals surface area contributed by atoms with Crippen LogP contribution in [0, 0.1) is 6.92 Å². The molecule has 0 spiro atoms. The molecular weight excluding hydrogens is 330 g/mol. The van der Waals surface area contributed by atoms with Gasteiger partial charge in [0.2, 0.25) is 0 Å². The number of benzene rings is 1. The lowest BCUT2D eigenvalue weighted by atomic mass is 10.1. The first-order valence-corrected chi connectivity index (χ1v) is 7.22. The summed E-state index contributed by atoms with van der Waals surface area (Å²) < 4.78 is 2.75. The minimum Gasteiger partial charge on any atom is -0.384 e. The molecule has 3 aromatic rings. The fourth-order valence-electron chi connectivity index (χ4n) is 2.03. The van der Waals surface area contributed by atoms with Crippen molar-refractivity contribution >= 4 is 21.7 Å². The Morgan fingerprint density at radius 3 is 2.62 bits per heavy atom. The predicted octanol–water partition coefficient (Wildman–Crippen LogP) is 3.20. The van der Waals surface area contributed by atoms with E-state index in [1.807, 2.05) is 38.4 Å². The summed E-state index contributed by atoms with van der Waals surface area (Å²) in [6.45, 7) is 2.04. The molecule has 0 fully saturated rings. The Balaban J connectivity index is 2.11. The van der Waals surface area contributed by atoms with Crippen LogP contribution >= 0.6 is 15.9 Å². The average molecular weight is 344 g/mol. The van der Waals surface area contributed by atoms with E-state index in [1.54, 1.807) is 16.9 Å². The topological polar surface area (TPSA) is 69.6 Å². The second-order valence-electron chi connectivity index (χ2n) is 4.87. The highest BCUT2D eigenvalue weighted by atomic mass is 79.9. The highest BCUT2D eigenvalue weighted by molar-refractivity contribution is 9.10. The fourth-order valence-corrected chi connectivity index (χ4v) is 2.41. The molecule has 6 heteroatoms. The zero-order chi connectivity index (χ0) is 15.0. The van der Waals surface area contributed by atoms with Crippen LogP contribution in [0.25, 0.3) is 22.6 Å². The van der Waals surface area contributed by atoms with Gasteiger partial charge < -0.3 is 5.73 Å². The van der Waals surface area contributed by atoms with E-state index in [9.17, 15) is 0 Å². The number of aromatic nitrogens is 4. The van der Waals surface area contributed by atoms with Gasteiger partial charge in [-0.2, -0.15) is 5.10 Å². The van der Waals surface area contributed by atoms with E-state index < -0.39 is 0 Å². The molecule has 2 N–H and O–H groups in total. The molecule has 106 valence electrons. The van der Waals surface area contributed by atoms with Crippen molar-refractivity contribution in [2.75, 3.05) is 5.73 Å². The third kappa shape index (κ3) is 2.80. The maximum absolute atomic E-state index is 5.92. The van der Waals surface area contributed by atoms with Gasteiger partial charge in [-0.25, -0.2) is 9.97 Å². The highest BCUT2D eigenvalue weighted by Crippen LogP contribution is 2.26. The Kier molecular flexibility index (Phi) is 3.47. The fraction of sp³-hybridized carbons (Fsp3) is 0.133. The number of nitrogen functional groups attached to an aromatic ring is 1.